The summed E-state index contributed by atoms with van der Waals surface area (Å²) in [6.45, 7) is 4.12. The summed E-state index contributed by atoms with van der Waals surface area (Å²) in [6.07, 6.45) is 0. The Morgan fingerprint density at radius 3 is 2.00 bits per heavy atom. The number of hydrogen-bond acceptors (Lipinski definition) is 6. The number of likely N-dealkylation sites (N-methyl/N-ethyl adjacent to an activating group) is 1. The predicted octanol–water partition coefficient (Wildman–Crippen LogP) is -0.871. The zero-order valence-corrected chi connectivity index (χ0v) is 19.2. The quantitative estimate of drug-likeness (QED) is 0.570. The van der Waals surface area contributed by atoms with Gasteiger partial charge < -0.3 is 9.80 Å². The molecule has 174 valence electrons. The molecule has 0 radical (unpaired) electrons. The van der Waals surface area contributed by atoms with E-state index in [0.29, 0.717) is 26.2 Å². The number of nitrogens with zero attached hydrogens (tertiary/aromatic N) is 4. The fourth-order valence-corrected chi connectivity index (χ4v) is 6.46. The van der Waals surface area contributed by atoms with Crippen molar-refractivity contribution in [3.63, 3.8) is 0 Å². The molecule has 2 aliphatic heterocycles. The molecule has 13 heteroatoms. The van der Waals surface area contributed by atoms with Crippen LogP contribution in [0.4, 0.5) is 4.39 Å². The third kappa shape index (κ3) is 5.41. The molecule has 1 aromatic rings. The Labute approximate surface area is 182 Å². The van der Waals surface area contributed by atoms with Crippen LogP contribution in [0.15, 0.2) is 29.2 Å². The number of sulfonamides is 1. The predicted molar refractivity (Wildman–Crippen MR) is 112 cm³/mol. The molecule has 0 saturated carbocycles. The summed E-state index contributed by atoms with van der Waals surface area (Å²) >= 11 is 0. The summed E-state index contributed by atoms with van der Waals surface area (Å²) in [5, 5.41) is 0. The highest BCUT2D eigenvalue weighted by atomic mass is 32.2. The van der Waals surface area contributed by atoms with Crippen molar-refractivity contribution in [1.29, 1.82) is 0 Å². The van der Waals surface area contributed by atoms with Gasteiger partial charge in [0.25, 0.3) is 10.2 Å². The van der Waals surface area contributed by atoms with E-state index >= 15 is 0 Å². The number of piperazine rings is 2. The Hall–Kier alpha value is -1.64. The van der Waals surface area contributed by atoms with Crippen LogP contribution < -0.4 is 4.72 Å². The molecule has 0 spiro atoms. The SMILES string of the molecule is C[C@H](NS(=O)(=O)c1ccccc1F)C(=O)N1CCN(S(=O)(=O)N2CCN(C)CC2)CC1. The van der Waals surface area contributed by atoms with E-state index in [1.165, 1.54) is 32.6 Å². The van der Waals surface area contributed by atoms with Crippen LogP contribution >= 0.6 is 0 Å². The van der Waals surface area contributed by atoms with Crippen molar-refractivity contribution >= 4 is 26.1 Å². The minimum absolute atomic E-state index is 0.132. The van der Waals surface area contributed by atoms with Crippen molar-refractivity contribution in [2.75, 3.05) is 59.4 Å². The van der Waals surface area contributed by atoms with E-state index < -0.39 is 42.9 Å². The largest absolute Gasteiger partial charge is 0.339 e. The molecule has 2 fully saturated rings. The minimum atomic E-state index is -4.22. The highest BCUT2D eigenvalue weighted by molar-refractivity contribution is 7.89. The van der Waals surface area contributed by atoms with Crippen molar-refractivity contribution < 1.29 is 26.0 Å². The molecular weight excluding hydrogens is 449 g/mol. The highest BCUT2D eigenvalue weighted by Crippen LogP contribution is 2.17. The second-order valence-corrected chi connectivity index (χ2v) is 11.3. The summed E-state index contributed by atoms with van der Waals surface area (Å²) in [5.41, 5.74) is 0. The van der Waals surface area contributed by atoms with Crippen LogP contribution in [-0.2, 0) is 25.0 Å². The zero-order chi connectivity index (χ0) is 22.8. The van der Waals surface area contributed by atoms with Gasteiger partial charge in [0.05, 0.1) is 6.04 Å². The normalized spacial score (nSPS) is 21.2. The first-order valence-electron chi connectivity index (χ1n) is 10.0. The molecule has 3 rings (SSSR count). The van der Waals surface area contributed by atoms with Gasteiger partial charge in [-0.1, -0.05) is 12.1 Å². The summed E-state index contributed by atoms with van der Waals surface area (Å²) in [4.78, 5) is 15.7. The Morgan fingerprint density at radius 1 is 0.935 bits per heavy atom. The lowest BCUT2D eigenvalue weighted by Gasteiger charge is -2.39. The van der Waals surface area contributed by atoms with Gasteiger partial charge in [0.15, 0.2) is 0 Å². The zero-order valence-electron chi connectivity index (χ0n) is 17.6. The lowest BCUT2D eigenvalue weighted by molar-refractivity contribution is -0.133. The number of carbonyl (C=O) groups is 1. The maximum absolute atomic E-state index is 13.8. The lowest BCUT2D eigenvalue weighted by atomic mass is 10.2. The van der Waals surface area contributed by atoms with Crippen molar-refractivity contribution in [2.45, 2.75) is 17.9 Å². The van der Waals surface area contributed by atoms with Gasteiger partial charge >= 0.3 is 0 Å². The van der Waals surface area contributed by atoms with Crippen LogP contribution in [0.2, 0.25) is 0 Å². The summed E-state index contributed by atoms with van der Waals surface area (Å²) in [5.74, 6) is -1.39. The van der Waals surface area contributed by atoms with Gasteiger partial charge in [0.1, 0.15) is 10.7 Å². The van der Waals surface area contributed by atoms with E-state index in [9.17, 15) is 26.0 Å². The summed E-state index contributed by atoms with van der Waals surface area (Å²) in [7, 11) is -5.87. The molecule has 1 atom stereocenters. The maximum Gasteiger partial charge on any atom is 0.282 e. The fourth-order valence-electron chi connectivity index (χ4n) is 3.60. The first-order chi connectivity index (χ1) is 14.5. The number of rotatable bonds is 6. The first kappa shape index (κ1) is 24.0. The number of carbonyl (C=O) groups excluding carboxylic acids is 1. The molecule has 2 saturated heterocycles. The van der Waals surface area contributed by atoms with Crippen LogP contribution in [0, 0.1) is 5.82 Å². The minimum Gasteiger partial charge on any atom is -0.339 e. The van der Waals surface area contributed by atoms with Crippen molar-refractivity contribution in [2.24, 2.45) is 0 Å². The Morgan fingerprint density at radius 2 is 1.45 bits per heavy atom. The van der Waals surface area contributed by atoms with Crippen molar-refractivity contribution in [3.8, 4) is 0 Å². The maximum atomic E-state index is 13.8. The standard InChI is InChI=1S/C18H28FN5O5S2/c1-15(20-30(26,27)17-6-4-3-5-16(17)19)18(25)22-9-13-24(14-10-22)31(28,29)23-11-7-21(2)8-12-23/h3-6,15,20H,7-14H2,1-2H3/t15-/m0/s1. The molecule has 1 aromatic carbocycles. The van der Waals surface area contributed by atoms with E-state index in [0.717, 1.165) is 12.1 Å². The molecule has 1 amide bonds. The first-order valence-corrected chi connectivity index (χ1v) is 12.9. The number of benzene rings is 1. The van der Waals surface area contributed by atoms with Crippen molar-refractivity contribution in [3.05, 3.63) is 30.1 Å². The second kappa shape index (κ2) is 9.46. The third-order valence-corrected chi connectivity index (χ3v) is 9.10. The third-order valence-electron chi connectivity index (χ3n) is 5.49. The Kier molecular flexibility index (Phi) is 7.33. The average Bonchev–Trinajstić information content (AvgIpc) is 2.73. The number of amides is 1. The van der Waals surface area contributed by atoms with Gasteiger partial charge in [-0.3, -0.25) is 4.79 Å². The summed E-state index contributed by atoms with van der Waals surface area (Å²) < 4.78 is 69.4. The van der Waals surface area contributed by atoms with Gasteiger partial charge in [-0.2, -0.15) is 21.8 Å². The van der Waals surface area contributed by atoms with Crippen LogP contribution in [0.1, 0.15) is 6.92 Å². The highest BCUT2D eigenvalue weighted by Gasteiger charge is 2.36. The van der Waals surface area contributed by atoms with E-state index in [2.05, 4.69) is 9.62 Å². The molecule has 0 bridgehead atoms. The number of nitrogens with one attached hydrogen (secondary N) is 1. The van der Waals surface area contributed by atoms with Crippen LogP contribution in [-0.4, -0.2) is 107 Å². The van der Waals surface area contributed by atoms with Gasteiger partial charge in [0.2, 0.25) is 15.9 Å². The monoisotopic (exact) mass is 477 g/mol. The lowest BCUT2D eigenvalue weighted by Crippen LogP contribution is -2.58. The van der Waals surface area contributed by atoms with Crippen LogP contribution in [0.5, 0.6) is 0 Å². The van der Waals surface area contributed by atoms with E-state index in [4.69, 9.17) is 0 Å². The number of halogens is 1. The Balaban J connectivity index is 1.58. The van der Waals surface area contributed by atoms with Crippen LogP contribution in [0.25, 0.3) is 0 Å². The van der Waals surface area contributed by atoms with E-state index in [-0.39, 0.29) is 26.2 Å². The summed E-state index contributed by atoms with van der Waals surface area (Å²) in [6, 6.07) is 3.80. The topological polar surface area (TPSA) is 110 Å². The van der Waals surface area contributed by atoms with Crippen LogP contribution in [0.3, 0.4) is 0 Å². The van der Waals surface area contributed by atoms with Gasteiger partial charge in [0, 0.05) is 52.4 Å². The molecule has 0 aliphatic carbocycles. The van der Waals surface area contributed by atoms with Gasteiger partial charge in [-0.15, -0.1) is 0 Å². The van der Waals surface area contributed by atoms with E-state index in [1.54, 1.807) is 0 Å². The molecule has 31 heavy (non-hydrogen) atoms. The van der Waals surface area contributed by atoms with Gasteiger partial charge in [-0.05, 0) is 26.1 Å². The molecule has 0 unspecified atom stereocenters. The smallest absolute Gasteiger partial charge is 0.282 e. The van der Waals surface area contributed by atoms with E-state index in [1.807, 2.05) is 7.05 Å². The molecule has 2 aliphatic rings. The molecular formula is C18H28FN5O5S2. The molecule has 10 nitrogen and oxygen atoms in total. The van der Waals surface area contributed by atoms with Crippen molar-refractivity contribution in [1.82, 2.24) is 23.1 Å². The number of hydrogen-bond donors (Lipinski definition) is 1. The average molecular weight is 478 g/mol. The van der Waals surface area contributed by atoms with Gasteiger partial charge in [-0.25, -0.2) is 12.8 Å². The molecule has 2 heterocycles. The Bertz CT molecular complexity index is 1000. The fraction of sp³-hybridized carbons (Fsp3) is 0.611. The second-order valence-electron chi connectivity index (χ2n) is 7.71. The molecule has 1 N–H and O–H groups in total. The molecule has 0 aromatic heterocycles.